The molecule has 0 radical (unpaired) electrons. The van der Waals surface area contributed by atoms with Crippen molar-refractivity contribution in [2.24, 2.45) is 5.92 Å². The molecular formula is C20H20N2O5. The van der Waals surface area contributed by atoms with Crippen LogP contribution in [0.3, 0.4) is 0 Å². The Labute approximate surface area is 156 Å². The van der Waals surface area contributed by atoms with Gasteiger partial charge in [-0.3, -0.25) is 9.59 Å². The highest BCUT2D eigenvalue weighted by molar-refractivity contribution is 6.04. The number of aromatic carboxylic acids is 1. The van der Waals surface area contributed by atoms with Gasteiger partial charge in [-0.15, -0.1) is 0 Å². The number of anilines is 2. The lowest BCUT2D eigenvalue weighted by molar-refractivity contribution is -0.122. The van der Waals surface area contributed by atoms with Crippen molar-refractivity contribution in [1.29, 1.82) is 0 Å². The Morgan fingerprint density at radius 1 is 1.22 bits per heavy atom. The van der Waals surface area contributed by atoms with Crippen molar-refractivity contribution in [1.82, 2.24) is 0 Å². The Kier molecular flexibility index (Phi) is 5.12. The fourth-order valence-corrected chi connectivity index (χ4v) is 3.10. The third-order valence-corrected chi connectivity index (χ3v) is 4.50. The highest BCUT2D eigenvalue weighted by Crippen LogP contribution is 2.34. The Morgan fingerprint density at radius 3 is 2.70 bits per heavy atom. The first-order chi connectivity index (χ1) is 12.9. The first kappa shape index (κ1) is 18.4. The average molecular weight is 368 g/mol. The molecule has 0 aliphatic carbocycles. The predicted octanol–water partition coefficient (Wildman–Crippen LogP) is 2.69. The second-order valence-corrected chi connectivity index (χ2v) is 6.46. The van der Waals surface area contributed by atoms with Gasteiger partial charge in [-0.1, -0.05) is 12.1 Å². The Morgan fingerprint density at radius 2 is 2.00 bits per heavy atom. The maximum absolute atomic E-state index is 12.6. The highest BCUT2D eigenvalue weighted by Gasteiger charge is 2.36. The fourth-order valence-electron chi connectivity index (χ4n) is 3.10. The van der Waals surface area contributed by atoms with Crippen LogP contribution in [0.1, 0.15) is 22.3 Å². The summed E-state index contributed by atoms with van der Waals surface area (Å²) in [6.07, 6.45) is 0.0849. The normalized spacial score (nSPS) is 16.3. The summed E-state index contributed by atoms with van der Waals surface area (Å²) in [5.41, 5.74) is 2.10. The van der Waals surface area contributed by atoms with Crippen LogP contribution in [0.2, 0.25) is 0 Å². The number of aryl methyl sites for hydroxylation is 1. The summed E-state index contributed by atoms with van der Waals surface area (Å²) in [7, 11) is 1.54. The topological polar surface area (TPSA) is 95.9 Å². The van der Waals surface area contributed by atoms with E-state index in [1.807, 2.05) is 19.1 Å². The molecule has 2 N–H and O–H groups in total. The quantitative estimate of drug-likeness (QED) is 0.846. The van der Waals surface area contributed by atoms with Crippen LogP contribution in [-0.2, 0) is 9.59 Å². The molecule has 3 rings (SSSR count). The van der Waals surface area contributed by atoms with Crippen LogP contribution in [0, 0.1) is 12.8 Å². The molecule has 140 valence electrons. The summed E-state index contributed by atoms with van der Waals surface area (Å²) >= 11 is 0. The fraction of sp³-hybridized carbons (Fsp3) is 0.250. The second kappa shape index (κ2) is 7.49. The molecule has 1 unspecified atom stereocenters. The monoisotopic (exact) mass is 368 g/mol. The van der Waals surface area contributed by atoms with Crippen molar-refractivity contribution in [2.45, 2.75) is 13.3 Å². The SMILES string of the molecule is COc1ccc(C)cc1N1CC(C(=O)Nc2cccc(C(=O)O)c2)CC1=O. The Balaban J connectivity index is 1.75. The molecule has 0 saturated carbocycles. The van der Waals surface area contributed by atoms with Gasteiger partial charge in [0.05, 0.1) is 24.3 Å². The summed E-state index contributed by atoms with van der Waals surface area (Å²) in [5, 5.41) is 11.7. The van der Waals surface area contributed by atoms with Crippen molar-refractivity contribution in [3.05, 3.63) is 53.6 Å². The van der Waals surface area contributed by atoms with Gasteiger partial charge < -0.3 is 20.1 Å². The molecule has 1 fully saturated rings. The lowest BCUT2D eigenvalue weighted by Crippen LogP contribution is -2.28. The second-order valence-electron chi connectivity index (χ2n) is 6.46. The van der Waals surface area contributed by atoms with Crippen LogP contribution >= 0.6 is 0 Å². The molecule has 0 bridgehead atoms. The number of carbonyl (C=O) groups excluding carboxylic acids is 2. The Hall–Kier alpha value is -3.35. The minimum absolute atomic E-state index is 0.0846. The number of hydrogen-bond donors (Lipinski definition) is 2. The van der Waals surface area contributed by atoms with Crippen LogP contribution in [-0.4, -0.2) is 36.5 Å². The summed E-state index contributed by atoms with van der Waals surface area (Å²) < 4.78 is 5.34. The lowest BCUT2D eigenvalue weighted by Gasteiger charge is -2.20. The molecule has 1 saturated heterocycles. The smallest absolute Gasteiger partial charge is 0.335 e. The van der Waals surface area contributed by atoms with E-state index in [0.29, 0.717) is 17.1 Å². The van der Waals surface area contributed by atoms with Crippen molar-refractivity contribution < 1.29 is 24.2 Å². The van der Waals surface area contributed by atoms with Crippen LogP contribution in [0.5, 0.6) is 5.75 Å². The number of carboxylic acid groups (broad SMARTS) is 1. The molecule has 7 heteroatoms. The molecule has 0 aromatic heterocycles. The zero-order valence-electron chi connectivity index (χ0n) is 15.1. The van der Waals surface area contributed by atoms with Gasteiger partial charge in [0.25, 0.3) is 0 Å². The molecule has 1 aliphatic heterocycles. The largest absolute Gasteiger partial charge is 0.495 e. The number of nitrogens with one attached hydrogen (secondary N) is 1. The molecule has 2 aromatic rings. The van der Waals surface area contributed by atoms with Gasteiger partial charge in [-0.2, -0.15) is 0 Å². The molecule has 1 aliphatic rings. The minimum atomic E-state index is -1.07. The predicted molar refractivity (Wildman–Crippen MR) is 100 cm³/mol. The summed E-state index contributed by atoms with van der Waals surface area (Å²) in [6.45, 7) is 2.16. The van der Waals surface area contributed by atoms with Crippen molar-refractivity contribution in [3.63, 3.8) is 0 Å². The van der Waals surface area contributed by atoms with E-state index in [2.05, 4.69) is 5.32 Å². The van der Waals surface area contributed by atoms with Gasteiger partial charge in [0.15, 0.2) is 0 Å². The van der Waals surface area contributed by atoms with Gasteiger partial charge in [0, 0.05) is 18.7 Å². The molecule has 2 aromatic carbocycles. The van der Waals surface area contributed by atoms with Gasteiger partial charge in [0.2, 0.25) is 11.8 Å². The van der Waals surface area contributed by atoms with E-state index in [1.54, 1.807) is 23.1 Å². The van der Waals surface area contributed by atoms with E-state index in [9.17, 15) is 14.4 Å². The van der Waals surface area contributed by atoms with Crippen molar-refractivity contribution in [2.75, 3.05) is 23.9 Å². The number of ether oxygens (including phenoxy) is 1. The maximum atomic E-state index is 12.6. The standard InChI is InChI=1S/C20H20N2O5/c1-12-6-7-17(27-2)16(8-12)22-11-14(10-18(22)23)19(24)21-15-5-3-4-13(9-15)20(25)26/h3-9,14H,10-11H2,1-2H3,(H,21,24)(H,25,26). The van der Waals surface area contributed by atoms with Crippen molar-refractivity contribution >= 4 is 29.2 Å². The zero-order valence-corrected chi connectivity index (χ0v) is 15.1. The molecular weight excluding hydrogens is 348 g/mol. The third kappa shape index (κ3) is 3.92. The number of amides is 2. The molecule has 0 spiro atoms. The number of carbonyl (C=O) groups is 3. The molecule has 1 atom stereocenters. The van der Waals surface area contributed by atoms with Gasteiger partial charge in [0.1, 0.15) is 5.75 Å². The minimum Gasteiger partial charge on any atom is -0.495 e. The van der Waals surface area contributed by atoms with Gasteiger partial charge in [-0.05, 0) is 42.8 Å². The first-order valence-electron chi connectivity index (χ1n) is 8.48. The number of nitrogens with zero attached hydrogens (tertiary/aromatic N) is 1. The van der Waals surface area contributed by atoms with Crippen LogP contribution in [0.15, 0.2) is 42.5 Å². The molecule has 1 heterocycles. The lowest BCUT2D eigenvalue weighted by atomic mass is 10.1. The zero-order chi connectivity index (χ0) is 19.6. The molecule has 2 amide bonds. The van der Waals surface area contributed by atoms with E-state index >= 15 is 0 Å². The van der Waals surface area contributed by atoms with Crippen LogP contribution in [0.25, 0.3) is 0 Å². The van der Waals surface area contributed by atoms with E-state index in [0.717, 1.165) is 5.56 Å². The molecule has 27 heavy (non-hydrogen) atoms. The van der Waals surface area contributed by atoms with E-state index < -0.39 is 11.9 Å². The van der Waals surface area contributed by atoms with Gasteiger partial charge >= 0.3 is 5.97 Å². The molecule has 7 nitrogen and oxygen atoms in total. The van der Waals surface area contributed by atoms with Crippen LogP contribution in [0.4, 0.5) is 11.4 Å². The number of rotatable bonds is 5. The highest BCUT2D eigenvalue weighted by atomic mass is 16.5. The summed E-state index contributed by atoms with van der Waals surface area (Å²) in [6, 6.07) is 11.5. The number of carboxylic acids is 1. The van der Waals surface area contributed by atoms with E-state index in [-0.39, 0.29) is 30.3 Å². The van der Waals surface area contributed by atoms with E-state index in [4.69, 9.17) is 9.84 Å². The third-order valence-electron chi connectivity index (χ3n) is 4.50. The Bertz CT molecular complexity index is 909. The summed E-state index contributed by atoms with van der Waals surface area (Å²) in [4.78, 5) is 37.7. The number of hydrogen-bond acceptors (Lipinski definition) is 4. The van der Waals surface area contributed by atoms with Gasteiger partial charge in [-0.25, -0.2) is 4.79 Å². The van der Waals surface area contributed by atoms with E-state index in [1.165, 1.54) is 19.2 Å². The summed E-state index contributed by atoms with van der Waals surface area (Å²) in [5.74, 6) is -1.50. The first-order valence-corrected chi connectivity index (χ1v) is 8.48. The number of methoxy groups -OCH3 is 1. The van der Waals surface area contributed by atoms with Crippen molar-refractivity contribution in [3.8, 4) is 5.75 Å². The maximum Gasteiger partial charge on any atom is 0.335 e. The number of benzene rings is 2. The van der Waals surface area contributed by atoms with Crippen LogP contribution < -0.4 is 15.0 Å². The average Bonchev–Trinajstić information content (AvgIpc) is 3.03.